The van der Waals surface area contributed by atoms with Gasteiger partial charge in [-0.05, 0) is 30.5 Å². The third-order valence-electron chi connectivity index (χ3n) is 2.40. The van der Waals surface area contributed by atoms with Crippen molar-refractivity contribution in [1.82, 2.24) is 0 Å². The molecule has 2 nitrogen and oxygen atoms in total. The highest BCUT2D eigenvalue weighted by Gasteiger charge is 2.15. The fourth-order valence-electron chi connectivity index (χ4n) is 1.35. The number of rotatable bonds is 3. The van der Waals surface area contributed by atoms with Crippen LogP contribution in [0.5, 0.6) is 0 Å². The van der Waals surface area contributed by atoms with Crippen LogP contribution >= 0.6 is 11.6 Å². The molecule has 0 saturated carbocycles. The molecule has 3 heteroatoms. The summed E-state index contributed by atoms with van der Waals surface area (Å²) < 4.78 is 0. The predicted octanol–water partition coefficient (Wildman–Crippen LogP) is 2.42. The smallest absolute Gasteiger partial charge is 0.0730 e. The molecule has 1 rings (SSSR count). The highest BCUT2D eigenvalue weighted by molar-refractivity contribution is 6.31. The Kier molecular flexibility index (Phi) is 3.93. The second kappa shape index (κ2) is 4.78. The molecule has 0 radical (unpaired) electrons. The zero-order chi connectivity index (χ0) is 10.7. The van der Waals surface area contributed by atoms with E-state index in [1.165, 1.54) is 0 Å². The summed E-state index contributed by atoms with van der Waals surface area (Å²) in [7, 11) is 0. The average molecular weight is 214 g/mol. The second-order valence-corrected chi connectivity index (χ2v) is 3.92. The number of hydrogen-bond donors (Lipinski definition) is 2. The van der Waals surface area contributed by atoms with Crippen LogP contribution in [0.4, 0.5) is 0 Å². The number of nitrogens with two attached hydrogens (primary N) is 1. The monoisotopic (exact) mass is 213 g/mol. The maximum atomic E-state index is 9.58. The van der Waals surface area contributed by atoms with Gasteiger partial charge in [0.25, 0.3) is 0 Å². The minimum Gasteiger partial charge on any atom is -0.391 e. The largest absolute Gasteiger partial charge is 0.391 e. The van der Waals surface area contributed by atoms with Gasteiger partial charge in [-0.3, -0.25) is 0 Å². The first-order chi connectivity index (χ1) is 6.56. The quantitative estimate of drug-likeness (QED) is 0.810. The summed E-state index contributed by atoms with van der Waals surface area (Å²) in [6.45, 7) is 3.84. The van der Waals surface area contributed by atoms with Crippen molar-refractivity contribution in [2.45, 2.75) is 32.4 Å². The van der Waals surface area contributed by atoms with Gasteiger partial charge in [-0.2, -0.15) is 0 Å². The van der Waals surface area contributed by atoms with E-state index in [9.17, 15) is 5.11 Å². The van der Waals surface area contributed by atoms with Gasteiger partial charge in [0.15, 0.2) is 0 Å². The van der Waals surface area contributed by atoms with E-state index in [-0.39, 0.29) is 6.04 Å². The van der Waals surface area contributed by atoms with Crippen molar-refractivity contribution >= 4 is 11.6 Å². The molecule has 0 aliphatic heterocycles. The zero-order valence-electron chi connectivity index (χ0n) is 8.50. The molecule has 0 fully saturated rings. The Labute approximate surface area is 89.7 Å². The Morgan fingerprint density at radius 1 is 1.50 bits per heavy atom. The normalized spacial score (nSPS) is 15.2. The molecule has 0 aromatic heterocycles. The van der Waals surface area contributed by atoms with Gasteiger partial charge in [-0.1, -0.05) is 30.7 Å². The van der Waals surface area contributed by atoms with Crippen molar-refractivity contribution in [3.8, 4) is 0 Å². The summed E-state index contributed by atoms with van der Waals surface area (Å²) in [5.74, 6) is 0. The van der Waals surface area contributed by atoms with Crippen molar-refractivity contribution in [3.05, 3.63) is 34.3 Å². The number of aryl methyl sites for hydroxylation is 1. The van der Waals surface area contributed by atoms with Crippen molar-refractivity contribution < 1.29 is 5.11 Å². The molecule has 2 atom stereocenters. The highest BCUT2D eigenvalue weighted by Crippen LogP contribution is 2.22. The molecule has 0 heterocycles. The molecule has 0 aliphatic rings. The van der Waals surface area contributed by atoms with Crippen molar-refractivity contribution in [2.75, 3.05) is 0 Å². The van der Waals surface area contributed by atoms with Crippen molar-refractivity contribution in [3.63, 3.8) is 0 Å². The second-order valence-electron chi connectivity index (χ2n) is 3.51. The molecular weight excluding hydrogens is 198 g/mol. The van der Waals surface area contributed by atoms with Gasteiger partial charge in [-0.25, -0.2) is 0 Å². The summed E-state index contributed by atoms with van der Waals surface area (Å²) in [4.78, 5) is 0. The first-order valence-corrected chi connectivity index (χ1v) is 5.13. The number of aliphatic hydroxyl groups is 1. The van der Waals surface area contributed by atoms with Gasteiger partial charge >= 0.3 is 0 Å². The van der Waals surface area contributed by atoms with E-state index >= 15 is 0 Å². The van der Waals surface area contributed by atoms with Gasteiger partial charge in [-0.15, -0.1) is 0 Å². The van der Waals surface area contributed by atoms with Crippen LogP contribution in [-0.4, -0.2) is 11.2 Å². The van der Waals surface area contributed by atoms with Crippen LogP contribution in [0.1, 0.15) is 30.5 Å². The number of hydrogen-bond acceptors (Lipinski definition) is 2. The van der Waals surface area contributed by atoms with Crippen LogP contribution in [0.3, 0.4) is 0 Å². The van der Waals surface area contributed by atoms with Gasteiger partial charge in [0.05, 0.1) is 12.1 Å². The molecule has 1 aromatic carbocycles. The Balaban J connectivity index is 2.91. The predicted molar refractivity (Wildman–Crippen MR) is 59.4 cm³/mol. The third-order valence-corrected chi connectivity index (χ3v) is 2.82. The highest BCUT2D eigenvalue weighted by atomic mass is 35.5. The SMILES string of the molecule is CC[C@H](O)[C@H](N)c1ccc(Cl)c(C)c1. The molecule has 0 bridgehead atoms. The van der Waals surface area contributed by atoms with Gasteiger partial charge in [0.2, 0.25) is 0 Å². The Bertz CT molecular complexity index is 314. The van der Waals surface area contributed by atoms with Gasteiger partial charge in [0.1, 0.15) is 0 Å². The van der Waals surface area contributed by atoms with E-state index in [1.54, 1.807) is 0 Å². The lowest BCUT2D eigenvalue weighted by Gasteiger charge is -2.18. The lowest BCUT2D eigenvalue weighted by atomic mass is 9.99. The maximum Gasteiger partial charge on any atom is 0.0730 e. The lowest BCUT2D eigenvalue weighted by Crippen LogP contribution is -2.25. The third kappa shape index (κ3) is 2.47. The fraction of sp³-hybridized carbons (Fsp3) is 0.455. The molecule has 78 valence electrons. The van der Waals surface area contributed by atoms with E-state index in [0.717, 1.165) is 16.1 Å². The first-order valence-electron chi connectivity index (χ1n) is 4.76. The summed E-state index contributed by atoms with van der Waals surface area (Å²) in [5, 5.41) is 10.3. The fourth-order valence-corrected chi connectivity index (χ4v) is 1.47. The molecule has 0 amide bonds. The van der Waals surface area contributed by atoms with E-state index in [2.05, 4.69) is 0 Å². The molecule has 3 N–H and O–H groups in total. The zero-order valence-corrected chi connectivity index (χ0v) is 9.25. The van der Waals surface area contributed by atoms with Crippen LogP contribution in [0, 0.1) is 6.92 Å². The summed E-state index contributed by atoms with van der Waals surface area (Å²) >= 11 is 5.90. The van der Waals surface area contributed by atoms with Crippen LogP contribution < -0.4 is 5.73 Å². The average Bonchev–Trinajstić information content (AvgIpc) is 2.20. The summed E-state index contributed by atoms with van der Waals surface area (Å²) in [6, 6.07) is 5.27. The van der Waals surface area contributed by atoms with E-state index in [0.29, 0.717) is 6.42 Å². The Morgan fingerprint density at radius 3 is 2.64 bits per heavy atom. The molecule has 14 heavy (non-hydrogen) atoms. The summed E-state index contributed by atoms with van der Waals surface area (Å²) in [5.41, 5.74) is 7.80. The molecular formula is C11H16ClNO. The van der Waals surface area contributed by atoms with E-state index in [1.807, 2.05) is 32.0 Å². The topological polar surface area (TPSA) is 46.2 Å². The van der Waals surface area contributed by atoms with E-state index < -0.39 is 6.10 Å². The van der Waals surface area contributed by atoms with Crippen LogP contribution in [0.25, 0.3) is 0 Å². The minimum atomic E-state index is -0.490. The standard InChI is InChI=1S/C11H16ClNO/c1-3-10(14)11(13)8-4-5-9(12)7(2)6-8/h4-6,10-11,14H,3,13H2,1-2H3/t10-,11+/m0/s1. The molecule has 0 aliphatic carbocycles. The first kappa shape index (κ1) is 11.5. The van der Waals surface area contributed by atoms with E-state index in [4.69, 9.17) is 17.3 Å². The minimum absolute atomic E-state index is 0.323. The molecule has 0 unspecified atom stereocenters. The number of aliphatic hydroxyl groups excluding tert-OH is 1. The molecule has 0 saturated heterocycles. The number of halogens is 1. The van der Waals surface area contributed by atoms with Crippen molar-refractivity contribution in [2.24, 2.45) is 5.73 Å². The molecule has 1 aromatic rings. The van der Waals surface area contributed by atoms with Crippen LogP contribution in [-0.2, 0) is 0 Å². The lowest BCUT2D eigenvalue weighted by molar-refractivity contribution is 0.140. The number of benzene rings is 1. The van der Waals surface area contributed by atoms with Crippen LogP contribution in [0.2, 0.25) is 5.02 Å². The van der Waals surface area contributed by atoms with Crippen LogP contribution in [0.15, 0.2) is 18.2 Å². The van der Waals surface area contributed by atoms with Gasteiger partial charge < -0.3 is 10.8 Å². The summed E-state index contributed by atoms with van der Waals surface area (Å²) in [6.07, 6.45) is 0.165. The molecule has 0 spiro atoms. The maximum absolute atomic E-state index is 9.58. The Morgan fingerprint density at radius 2 is 2.14 bits per heavy atom. The Hall–Kier alpha value is -0.570. The van der Waals surface area contributed by atoms with Gasteiger partial charge in [0, 0.05) is 5.02 Å². The van der Waals surface area contributed by atoms with Crippen molar-refractivity contribution in [1.29, 1.82) is 0 Å².